The quantitative estimate of drug-likeness (QED) is 0.753. The maximum Gasteiger partial charge on any atom is 0.223 e. The topological polar surface area (TPSA) is 67.4 Å². The third-order valence-corrected chi connectivity index (χ3v) is 4.88. The largest absolute Gasteiger partial charge is 0.381 e. The molecule has 1 aliphatic carbocycles. The number of benzene rings is 1. The van der Waals surface area contributed by atoms with Gasteiger partial charge in [-0.2, -0.15) is 0 Å². The number of carbonyl (C=O) groups excluding carboxylic acids is 2. The number of hydrogen-bond donors (Lipinski definition) is 2. The van der Waals surface area contributed by atoms with Crippen LogP contribution in [-0.4, -0.2) is 31.6 Å². The molecular weight excluding hydrogens is 304 g/mol. The van der Waals surface area contributed by atoms with Gasteiger partial charge in [-0.05, 0) is 37.7 Å². The van der Waals surface area contributed by atoms with Crippen LogP contribution < -0.4 is 10.6 Å². The minimum Gasteiger partial charge on any atom is -0.381 e. The van der Waals surface area contributed by atoms with Crippen LogP contribution in [0.25, 0.3) is 0 Å². The summed E-state index contributed by atoms with van der Waals surface area (Å²) in [5, 5.41) is 6.15. The molecule has 5 heteroatoms. The number of hydrogen-bond acceptors (Lipinski definition) is 3. The van der Waals surface area contributed by atoms with E-state index in [2.05, 4.69) is 22.8 Å². The van der Waals surface area contributed by atoms with E-state index in [9.17, 15) is 9.59 Å². The highest BCUT2D eigenvalue weighted by atomic mass is 16.5. The van der Waals surface area contributed by atoms with Gasteiger partial charge in [-0.3, -0.25) is 9.59 Å². The van der Waals surface area contributed by atoms with Crippen molar-refractivity contribution in [1.29, 1.82) is 0 Å². The number of nitrogens with one attached hydrogen (secondary N) is 2. The molecule has 1 heterocycles. The zero-order valence-corrected chi connectivity index (χ0v) is 14.1. The molecule has 2 N–H and O–H groups in total. The van der Waals surface area contributed by atoms with Gasteiger partial charge in [-0.15, -0.1) is 0 Å². The Morgan fingerprint density at radius 2 is 1.83 bits per heavy atom. The third-order valence-electron chi connectivity index (χ3n) is 4.88. The van der Waals surface area contributed by atoms with E-state index >= 15 is 0 Å². The fourth-order valence-electron chi connectivity index (χ4n) is 3.24. The number of amides is 2. The molecule has 0 bridgehead atoms. The van der Waals surface area contributed by atoms with E-state index in [1.54, 1.807) is 0 Å². The van der Waals surface area contributed by atoms with E-state index in [1.807, 2.05) is 18.2 Å². The molecule has 2 aliphatic rings. The van der Waals surface area contributed by atoms with Crippen LogP contribution in [0.3, 0.4) is 0 Å². The molecule has 2 fully saturated rings. The molecule has 2 amide bonds. The molecule has 0 radical (unpaired) electrons. The Bertz CT molecular complexity index is 563. The Morgan fingerprint density at radius 3 is 2.50 bits per heavy atom. The molecule has 5 nitrogen and oxygen atoms in total. The lowest BCUT2D eigenvalue weighted by molar-refractivity contribution is -0.125. The van der Waals surface area contributed by atoms with Crippen LogP contribution in [0.1, 0.15) is 44.1 Å². The van der Waals surface area contributed by atoms with Crippen molar-refractivity contribution in [1.82, 2.24) is 10.6 Å². The van der Waals surface area contributed by atoms with Crippen molar-refractivity contribution in [3.8, 4) is 0 Å². The van der Waals surface area contributed by atoms with Crippen LogP contribution in [0.5, 0.6) is 0 Å². The van der Waals surface area contributed by atoms with Gasteiger partial charge in [0.2, 0.25) is 11.8 Å². The van der Waals surface area contributed by atoms with E-state index in [0.717, 1.165) is 31.2 Å². The molecule has 1 aromatic carbocycles. The fourth-order valence-corrected chi connectivity index (χ4v) is 3.24. The van der Waals surface area contributed by atoms with Crippen molar-refractivity contribution < 1.29 is 14.3 Å². The number of carbonyl (C=O) groups is 2. The molecule has 0 unspecified atom stereocenters. The van der Waals surface area contributed by atoms with Crippen molar-refractivity contribution >= 4 is 11.8 Å². The molecule has 1 aliphatic heterocycles. The molecule has 24 heavy (non-hydrogen) atoms. The van der Waals surface area contributed by atoms with Crippen molar-refractivity contribution in [2.24, 2.45) is 5.92 Å². The minimum absolute atomic E-state index is 0.0430. The summed E-state index contributed by atoms with van der Waals surface area (Å²) in [6, 6.07) is 10.1. The van der Waals surface area contributed by atoms with Gasteiger partial charge in [-0.1, -0.05) is 30.3 Å². The molecular formula is C19H26N2O3. The number of ether oxygens (including phenoxy) is 1. The van der Waals surface area contributed by atoms with Gasteiger partial charge in [-0.25, -0.2) is 0 Å². The Kier molecular flexibility index (Phi) is 5.51. The zero-order chi connectivity index (χ0) is 16.8. The van der Waals surface area contributed by atoms with Gasteiger partial charge in [0.15, 0.2) is 0 Å². The number of rotatable bonds is 7. The van der Waals surface area contributed by atoms with E-state index in [4.69, 9.17) is 4.74 Å². The summed E-state index contributed by atoms with van der Waals surface area (Å²) in [6.45, 7) is 1.89. The Labute approximate surface area is 143 Å². The van der Waals surface area contributed by atoms with Crippen LogP contribution in [0, 0.1) is 5.92 Å². The highest BCUT2D eigenvalue weighted by molar-refractivity contribution is 5.81. The van der Waals surface area contributed by atoms with Crippen molar-refractivity contribution in [3.05, 3.63) is 35.9 Å². The van der Waals surface area contributed by atoms with E-state index < -0.39 is 0 Å². The second-order valence-corrected chi connectivity index (χ2v) is 6.78. The monoisotopic (exact) mass is 330 g/mol. The van der Waals surface area contributed by atoms with Crippen LogP contribution in [0.4, 0.5) is 0 Å². The van der Waals surface area contributed by atoms with Gasteiger partial charge >= 0.3 is 0 Å². The van der Waals surface area contributed by atoms with Crippen molar-refractivity contribution in [3.63, 3.8) is 0 Å². The van der Waals surface area contributed by atoms with Gasteiger partial charge in [0.05, 0.1) is 5.54 Å². The Morgan fingerprint density at radius 1 is 1.12 bits per heavy atom. The summed E-state index contributed by atoms with van der Waals surface area (Å²) < 4.78 is 5.48. The van der Waals surface area contributed by atoms with Crippen molar-refractivity contribution in [2.75, 3.05) is 19.8 Å². The normalized spacial score (nSPS) is 19.5. The molecule has 0 aromatic heterocycles. The molecule has 0 spiro atoms. The summed E-state index contributed by atoms with van der Waals surface area (Å²) in [5.41, 5.74) is 0.817. The second-order valence-electron chi connectivity index (χ2n) is 6.78. The lowest BCUT2D eigenvalue weighted by atomic mass is 9.82. The maximum atomic E-state index is 12.4. The first-order valence-corrected chi connectivity index (χ1v) is 8.92. The van der Waals surface area contributed by atoms with Crippen LogP contribution in [0.2, 0.25) is 0 Å². The second kappa shape index (κ2) is 7.79. The van der Waals surface area contributed by atoms with Gasteiger partial charge in [0.1, 0.15) is 0 Å². The predicted octanol–water partition coefficient (Wildman–Crippen LogP) is 2.11. The molecule has 130 valence electrons. The summed E-state index contributed by atoms with van der Waals surface area (Å²) in [7, 11) is 0. The van der Waals surface area contributed by atoms with E-state index in [-0.39, 0.29) is 23.3 Å². The zero-order valence-electron chi connectivity index (χ0n) is 14.1. The van der Waals surface area contributed by atoms with Gasteiger partial charge in [0.25, 0.3) is 0 Å². The predicted molar refractivity (Wildman–Crippen MR) is 91.3 cm³/mol. The minimum atomic E-state index is -0.326. The van der Waals surface area contributed by atoms with Crippen molar-refractivity contribution in [2.45, 2.75) is 44.1 Å². The average molecular weight is 330 g/mol. The average Bonchev–Trinajstić information content (AvgIpc) is 3.45. The highest BCUT2D eigenvalue weighted by Gasteiger charge is 2.35. The van der Waals surface area contributed by atoms with Gasteiger partial charge < -0.3 is 15.4 Å². The molecule has 1 saturated carbocycles. The first kappa shape index (κ1) is 17.0. The Hall–Kier alpha value is -1.88. The summed E-state index contributed by atoms with van der Waals surface area (Å²) >= 11 is 0. The van der Waals surface area contributed by atoms with Crippen LogP contribution in [-0.2, 0) is 19.9 Å². The Balaban J connectivity index is 1.50. The summed E-state index contributed by atoms with van der Waals surface area (Å²) in [5.74, 6) is 0.407. The molecule has 0 atom stereocenters. The molecule has 1 aromatic rings. The molecule has 3 rings (SSSR count). The fraction of sp³-hybridized carbons (Fsp3) is 0.579. The van der Waals surface area contributed by atoms with E-state index in [1.165, 1.54) is 0 Å². The summed E-state index contributed by atoms with van der Waals surface area (Å²) in [4.78, 5) is 24.0. The standard InChI is InChI=1S/C19H26N2O3/c22-17(7-4-12-20-18(23)15-8-9-15)21-19(10-13-24-14-11-19)16-5-2-1-3-6-16/h1-3,5-6,15H,4,7-14H2,(H,20,23)(H,21,22). The lowest BCUT2D eigenvalue weighted by Crippen LogP contribution is -2.49. The first-order chi connectivity index (χ1) is 11.7. The SMILES string of the molecule is O=C(CCCNC(=O)C1CC1)NC1(c2ccccc2)CCOCC1. The first-order valence-electron chi connectivity index (χ1n) is 8.92. The highest BCUT2D eigenvalue weighted by Crippen LogP contribution is 2.32. The maximum absolute atomic E-state index is 12.4. The van der Waals surface area contributed by atoms with Crippen LogP contribution >= 0.6 is 0 Å². The third kappa shape index (κ3) is 4.35. The van der Waals surface area contributed by atoms with Gasteiger partial charge in [0, 0.05) is 32.1 Å². The summed E-state index contributed by atoms with van der Waals surface area (Å²) in [6.07, 6.45) is 4.70. The molecule has 1 saturated heterocycles. The van der Waals surface area contributed by atoms with Crippen LogP contribution in [0.15, 0.2) is 30.3 Å². The lowest BCUT2D eigenvalue weighted by Gasteiger charge is -2.38. The van der Waals surface area contributed by atoms with E-state index in [0.29, 0.717) is 32.6 Å². The smallest absolute Gasteiger partial charge is 0.223 e.